The zero-order chi connectivity index (χ0) is 19.1. The Bertz CT molecular complexity index is 1040. The molecule has 0 saturated heterocycles. The van der Waals surface area contributed by atoms with Crippen LogP contribution in [0.1, 0.15) is 11.1 Å². The van der Waals surface area contributed by atoms with E-state index in [1.54, 1.807) is 36.4 Å². The van der Waals surface area contributed by atoms with Crippen molar-refractivity contribution in [1.82, 2.24) is 4.83 Å². The Hall–Kier alpha value is -2.83. The van der Waals surface area contributed by atoms with E-state index >= 15 is 0 Å². The Morgan fingerprint density at radius 3 is 2.48 bits per heavy atom. The largest absolute Gasteiger partial charge is 0.489 e. The molecule has 0 unspecified atom stereocenters. The minimum atomic E-state index is -3.69. The van der Waals surface area contributed by atoms with Gasteiger partial charge in [-0.2, -0.15) is 13.5 Å². The molecule has 5 nitrogen and oxygen atoms in total. The third kappa shape index (κ3) is 5.32. The molecule has 0 fully saturated rings. The molecule has 0 radical (unpaired) electrons. The van der Waals surface area contributed by atoms with Gasteiger partial charge in [-0.15, -0.1) is 0 Å². The molecule has 0 amide bonds. The Labute approximate surface area is 163 Å². The lowest BCUT2D eigenvalue weighted by Gasteiger charge is -2.08. The van der Waals surface area contributed by atoms with Gasteiger partial charge in [0.15, 0.2) is 0 Å². The summed E-state index contributed by atoms with van der Waals surface area (Å²) >= 11 is 6.12. The summed E-state index contributed by atoms with van der Waals surface area (Å²) in [5.41, 5.74) is 1.58. The molecule has 0 heterocycles. The van der Waals surface area contributed by atoms with Gasteiger partial charge >= 0.3 is 0 Å². The van der Waals surface area contributed by atoms with Crippen LogP contribution >= 0.6 is 11.6 Å². The highest BCUT2D eigenvalue weighted by molar-refractivity contribution is 7.89. The summed E-state index contributed by atoms with van der Waals surface area (Å²) in [4.78, 5) is 2.34. The second kappa shape index (κ2) is 8.70. The number of nitrogens with zero attached hydrogens (tertiary/aromatic N) is 1. The molecule has 0 aromatic heterocycles. The zero-order valence-corrected chi connectivity index (χ0v) is 15.8. The monoisotopic (exact) mass is 400 g/mol. The molecule has 3 rings (SSSR count). The van der Waals surface area contributed by atoms with Gasteiger partial charge in [-0.1, -0.05) is 60.1 Å². The average Bonchev–Trinajstić information content (AvgIpc) is 2.68. The Kier molecular flexibility index (Phi) is 6.11. The lowest BCUT2D eigenvalue weighted by atomic mass is 10.2. The van der Waals surface area contributed by atoms with Crippen LogP contribution in [0.5, 0.6) is 5.75 Å². The number of sulfonamides is 1. The molecular formula is C20H17ClN2O3S. The van der Waals surface area contributed by atoms with Gasteiger partial charge in [-0.05, 0) is 35.9 Å². The first-order valence-electron chi connectivity index (χ1n) is 8.11. The van der Waals surface area contributed by atoms with Crippen LogP contribution < -0.4 is 9.57 Å². The van der Waals surface area contributed by atoms with Crippen LogP contribution in [0.15, 0.2) is 88.9 Å². The topological polar surface area (TPSA) is 67.8 Å². The summed E-state index contributed by atoms with van der Waals surface area (Å²) in [5.74, 6) is 0.629. The predicted octanol–water partition coefficient (Wildman–Crippen LogP) is 4.23. The van der Waals surface area contributed by atoms with Crippen molar-refractivity contribution in [3.05, 3.63) is 95.0 Å². The summed E-state index contributed by atoms with van der Waals surface area (Å²) < 4.78 is 30.0. The maximum atomic E-state index is 12.1. The van der Waals surface area contributed by atoms with E-state index in [4.69, 9.17) is 16.3 Å². The third-order valence-electron chi connectivity index (χ3n) is 3.65. The van der Waals surface area contributed by atoms with Crippen LogP contribution in [0.25, 0.3) is 0 Å². The van der Waals surface area contributed by atoms with E-state index in [1.807, 2.05) is 30.3 Å². The molecule has 1 N–H and O–H groups in total. The van der Waals surface area contributed by atoms with Gasteiger partial charge in [-0.3, -0.25) is 0 Å². The highest BCUT2D eigenvalue weighted by Gasteiger charge is 2.11. The molecule has 0 bridgehead atoms. The van der Waals surface area contributed by atoms with Gasteiger partial charge in [0.2, 0.25) is 0 Å². The van der Waals surface area contributed by atoms with Crippen molar-refractivity contribution in [2.75, 3.05) is 0 Å². The minimum absolute atomic E-state index is 0.152. The lowest BCUT2D eigenvalue weighted by molar-refractivity contribution is 0.306. The molecule has 0 aliphatic rings. The Balaban J connectivity index is 1.64. The molecule has 3 aromatic rings. The summed E-state index contributed by atoms with van der Waals surface area (Å²) in [5, 5.41) is 4.47. The van der Waals surface area contributed by atoms with E-state index in [2.05, 4.69) is 9.93 Å². The summed E-state index contributed by atoms with van der Waals surface area (Å²) in [6.07, 6.45) is 1.42. The molecular weight excluding hydrogens is 384 g/mol. The van der Waals surface area contributed by atoms with E-state index in [0.29, 0.717) is 22.9 Å². The lowest BCUT2D eigenvalue weighted by Crippen LogP contribution is -2.18. The minimum Gasteiger partial charge on any atom is -0.489 e. The zero-order valence-electron chi connectivity index (χ0n) is 14.2. The van der Waals surface area contributed by atoms with Gasteiger partial charge in [0, 0.05) is 10.6 Å². The van der Waals surface area contributed by atoms with Gasteiger partial charge in [0.25, 0.3) is 10.0 Å². The first-order valence-corrected chi connectivity index (χ1v) is 9.97. The normalized spacial score (nSPS) is 11.4. The molecule has 7 heteroatoms. The molecule has 138 valence electrons. The summed E-state index contributed by atoms with van der Waals surface area (Å²) in [7, 11) is -3.69. The van der Waals surface area contributed by atoms with Gasteiger partial charge < -0.3 is 4.74 Å². The highest BCUT2D eigenvalue weighted by atomic mass is 35.5. The molecule has 0 atom stereocenters. The van der Waals surface area contributed by atoms with E-state index < -0.39 is 10.0 Å². The number of nitrogens with one attached hydrogen (secondary N) is 1. The van der Waals surface area contributed by atoms with Crippen LogP contribution in [-0.4, -0.2) is 14.6 Å². The average molecular weight is 401 g/mol. The van der Waals surface area contributed by atoms with Crippen molar-refractivity contribution in [3.63, 3.8) is 0 Å². The first kappa shape index (κ1) is 18.9. The number of hydrazone groups is 1. The molecule has 0 aliphatic carbocycles. The maximum Gasteiger partial charge on any atom is 0.276 e. The fourth-order valence-electron chi connectivity index (χ4n) is 2.28. The third-order valence-corrected chi connectivity index (χ3v) is 5.26. The fourth-order valence-corrected chi connectivity index (χ4v) is 3.29. The van der Waals surface area contributed by atoms with Gasteiger partial charge in [-0.25, -0.2) is 4.83 Å². The second-order valence-corrected chi connectivity index (χ2v) is 7.69. The molecule has 0 aliphatic heterocycles. The summed E-state index contributed by atoms with van der Waals surface area (Å²) in [6, 6.07) is 22.7. The van der Waals surface area contributed by atoms with Gasteiger partial charge in [0.05, 0.1) is 11.1 Å². The van der Waals surface area contributed by atoms with Crippen molar-refractivity contribution in [2.45, 2.75) is 11.5 Å². The maximum absolute atomic E-state index is 12.1. The van der Waals surface area contributed by atoms with E-state index in [-0.39, 0.29) is 4.90 Å². The molecule has 0 spiro atoms. The van der Waals surface area contributed by atoms with Crippen molar-refractivity contribution < 1.29 is 13.2 Å². The number of hydrogen-bond donors (Lipinski definition) is 1. The van der Waals surface area contributed by atoms with Crippen LogP contribution in [-0.2, 0) is 16.6 Å². The first-order chi connectivity index (χ1) is 13.0. The smallest absolute Gasteiger partial charge is 0.276 e. The predicted molar refractivity (Wildman–Crippen MR) is 107 cm³/mol. The van der Waals surface area contributed by atoms with Crippen molar-refractivity contribution in [1.29, 1.82) is 0 Å². The van der Waals surface area contributed by atoms with Crippen molar-refractivity contribution >= 4 is 27.8 Å². The fraction of sp³-hybridized carbons (Fsp3) is 0.0500. The van der Waals surface area contributed by atoms with E-state index in [1.165, 1.54) is 18.3 Å². The number of rotatable bonds is 7. The number of benzene rings is 3. The van der Waals surface area contributed by atoms with E-state index in [0.717, 1.165) is 5.56 Å². The van der Waals surface area contributed by atoms with Crippen LogP contribution in [0.3, 0.4) is 0 Å². The van der Waals surface area contributed by atoms with Crippen molar-refractivity contribution in [3.8, 4) is 5.75 Å². The Morgan fingerprint density at radius 1 is 0.963 bits per heavy atom. The van der Waals surface area contributed by atoms with Crippen molar-refractivity contribution in [2.24, 2.45) is 5.10 Å². The number of ether oxygens (including phenoxy) is 1. The SMILES string of the molecule is O=S(=O)(N/N=C/c1cccc(OCc2ccccc2Cl)c1)c1ccccc1. The Morgan fingerprint density at radius 2 is 1.70 bits per heavy atom. The van der Waals surface area contributed by atoms with Gasteiger partial charge in [0.1, 0.15) is 12.4 Å². The van der Waals surface area contributed by atoms with Crippen LogP contribution in [0.4, 0.5) is 0 Å². The summed E-state index contributed by atoms with van der Waals surface area (Å²) in [6.45, 7) is 0.334. The van der Waals surface area contributed by atoms with Crippen LogP contribution in [0.2, 0.25) is 5.02 Å². The van der Waals surface area contributed by atoms with Crippen LogP contribution in [0, 0.1) is 0 Å². The molecule has 0 saturated carbocycles. The van der Waals surface area contributed by atoms with E-state index in [9.17, 15) is 8.42 Å². The number of hydrogen-bond acceptors (Lipinski definition) is 4. The second-order valence-electron chi connectivity index (χ2n) is 5.62. The standard InChI is InChI=1S/C20H17ClN2O3S/c21-20-12-5-4-8-17(20)15-26-18-9-6-7-16(13-18)14-22-23-27(24,25)19-10-2-1-3-11-19/h1-14,23H,15H2/b22-14+. The number of halogens is 1. The molecule has 27 heavy (non-hydrogen) atoms. The molecule has 3 aromatic carbocycles. The quantitative estimate of drug-likeness (QED) is 0.476. The highest BCUT2D eigenvalue weighted by Crippen LogP contribution is 2.19.